The highest BCUT2D eigenvalue weighted by molar-refractivity contribution is 7.89. The van der Waals surface area contributed by atoms with Gasteiger partial charge in [-0.1, -0.05) is 12.8 Å². The summed E-state index contributed by atoms with van der Waals surface area (Å²) in [6.45, 7) is 7.29. The minimum Gasteiger partial charge on any atom is -0.385 e. The fraction of sp³-hybridized carbons (Fsp3) is 1.00. The van der Waals surface area contributed by atoms with Crippen LogP contribution in [0.2, 0.25) is 0 Å². The van der Waals surface area contributed by atoms with E-state index in [9.17, 15) is 8.42 Å². The van der Waals surface area contributed by atoms with E-state index in [1.165, 1.54) is 0 Å². The van der Waals surface area contributed by atoms with Gasteiger partial charge in [-0.2, -0.15) is 4.31 Å². The predicted molar refractivity (Wildman–Crippen MR) is 84.9 cm³/mol. The SMILES string of the molecule is COCCCN1C(C)CN(S(=O)(=O)C2CCCC2)CC1C. The Balaban J connectivity index is 1.97. The molecule has 1 saturated heterocycles. The number of methoxy groups -OCH3 is 1. The lowest BCUT2D eigenvalue weighted by molar-refractivity contribution is 0.0662. The lowest BCUT2D eigenvalue weighted by Gasteiger charge is -2.44. The number of piperazine rings is 1. The smallest absolute Gasteiger partial charge is 0.217 e. The van der Waals surface area contributed by atoms with Crippen LogP contribution >= 0.6 is 0 Å². The Labute approximate surface area is 129 Å². The Morgan fingerprint density at radius 2 is 1.67 bits per heavy atom. The summed E-state index contributed by atoms with van der Waals surface area (Å²) >= 11 is 0. The molecule has 0 radical (unpaired) electrons. The summed E-state index contributed by atoms with van der Waals surface area (Å²) in [6, 6.07) is 0.559. The van der Waals surface area contributed by atoms with Gasteiger partial charge in [-0.25, -0.2) is 8.42 Å². The molecule has 5 nitrogen and oxygen atoms in total. The van der Waals surface area contributed by atoms with E-state index in [1.54, 1.807) is 11.4 Å². The molecule has 0 bridgehead atoms. The maximum Gasteiger partial charge on any atom is 0.217 e. The molecule has 1 aliphatic heterocycles. The topological polar surface area (TPSA) is 49.9 Å². The second kappa shape index (κ2) is 7.40. The molecule has 1 saturated carbocycles. The Morgan fingerprint density at radius 1 is 1.10 bits per heavy atom. The summed E-state index contributed by atoms with van der Waals surface area (Å²) in [5.41, 5.74) is 0. The van der Waals surface area contributed by atoms with Crippen molar-refractivity contribution in [1.29, 1.82) is 0 Å². The van der Waals surface area contributed by atoms with Crippen molar-refractivity contribution in [2.24, 2.45) is 0 Å². The van der Waals surface area contributed by atoms with Gasteiger partial charge in [0.2, 0.25) is 10.0 Å². The minimum absolute atomic E-state index is 0.128. The molecule has 2 fully saturated rings. The van der Waals surface area contributed by atoms with Crippen LogP contribution in [0.15, 0.2) is 0 Å². The van der Waals surface area contributed by atoms with Gasteiger partial charge in [0, 0.05) is 45.4 Å². The zero-order valence-corrected chi connectivity index (χ0v) is 14.4. The van der Waals surface area contributed by atoms with Crippen LogP contribution in [0.1, 0.15) is 46.0 Å². The Morgan fingerprint density at radius 3 is 2.19 bits per heavy atom. The third kappa shape index (κ3) is 3.97. The van der Waals surface area contributed by atoms with Gasteiger partial charge in [-0.15, -0.1) is 0 Å². The Kier molecular flexibility index (Phi) is 6.05. The zero-order valence-electron chi connectivity index (χ0n) is 13.6. The molecule has 1 heterocycles. The second-order valence-electron chi connectivity index (χ2n) is 6.55. The molecular formula is C15H30N2O3S. The number of hydrogen-bond acceptors (Lipinski definition) is 4. The molecule has 21 heavy (non-hydrogen) atoms. The molecule has 2 aliphatic rings. The van der Waals surface area contributed by atoms with Crippen LogP contribution in [0.5, 0.6) is 0 Å². The van der Waals surface area contributed by atoms with E-state index in [4.69, 9.17) is 4.74 Å². The van der Waals surface area contributed by atoms with Crippen LogP contribution < -0.4 is 0 Å². The molecule has 6 heteroatoms. The molecule has 2 atom stereocenters. The highest BCUT2D eigenvalue weighted by atomic mass is 32.2. The predicted octanol–water partition coefficient (Wildman–Crippen LogP) is 1.69. The molecule has 2 rings (SSSR count). The molecule has 2 unspecified atom stereocenters. The number of nitrogens with zero attached hydrogens (tertiary/aromatic N) is 2. The summed E-state index contributed by atoms with van der Waals surface area (Å²) in [6.07, 6.45) is 4.82. The number of ether oxygens (including phenoxy) is 1. The van der Waals surface area contributed by atoms with Gasteiger partial charge < -0.3 is 4.74 Å². The highest BCUT2D eigenvalue weighted by Gasteiger charge is 2.39. The third-order valence-electron chi connectivity index (χ3n) is 4.92. The molecular weight excluding hydrogens is 288 g/mol. The van der Waals surface area contributed by atoms with E-state index < -0.39 is 10.0 Å². The van der Waals surface area contributed by atoms with E-state index in [1.807, 2.05) is 0 Å². The van der Waals surface area contributed by atoms with Gasteiger partial charge in [0.15, 0.2) is 0 Å². The van der Waals surface area contributed by atoms with Gasteiger partial charge in [-0.3, -0.25) is 4.90 Å². The van der Waals surface area contributed by atoms with Crippen molar-refractivity contribution in [3.8, 4) is 0 Å². The fourth-order valence-corrected chi connectivity index (χ4v) is 5.94. The third-order valence-corrected chi connectivity index (χ3v) is 7.25. The standard InChI is InChI=1S/C15H30N2O3S/c1-13-11-16(21(18,19)15-7-4-5-8-15)12-14(2)17(13)9-6-10-20-3/h13-15H,4-12H2,1-3H3. The van der Waals surface area contributed by atoms with E-state index in [0.717, 1.165) is 45.3 Å². The lowest BCUT2D eigenvalue weighted by Crippen LogP contribution is -2.59. The first-order valence-corrected chi connectivity index (χ1v) is 9.70. The second-order valence-corrected chi connectivity index (χ2v) is 8.76. The van der Waals surface area contributed by atoms with Crippen LogP contribution in [0, 0.1) is 0 Å². The molecule has 0 amide bonds. The monoisotopic (exact) mass is 318 g/mol. The summed E-state index contributed by atoms with van der Waals surface area (Å²) in [7, 11) is -1.37. The van der Waals surface area contributed by atoms with E-state index in [2.05, 4.69) is 18.7 Å². The Hall–Kier alpha value is -0.170. The largest absolute Gasteiger partial charge is 0.385 e. The molecule has 1 aliphatic carbocycles. The normalized spacial score (nSPS) is 30.0. The van der Waals surface area contributed by atoms with Crippen LogP contribution in [0.3, 0.4) is 0 Å². The zero-order chi connectivity index (χ0) is 15.5. The van der Waals surface area contributed by atoms with E-state index in [0.29, 0.717) is 13.1 Å². The van der Waals surface area contributed by atoms with Crippen LogP contribution in [0.4, 0.5) is 0 Å². The van der Waals surface area contributed by atoms with Crippen molar-refractivity contribution < 1.29 is 13.2 Å². The maximum atomic E-state index is 12.7. The van der Waals surface area contributed by atoms with Crippen LogP contribution in [-0.4, -0.2) is 68.3 Å². The van der Waals surface area contributed by atoms with E-state index >= 15 is 0 Å². The molecule has 0 N–H and O–H groups in total. The molecule has 0 aromatic carbocycles. The summed E-state index contributed by atoms with van der Waals surface area (Å²) in [5, 5.41) is -0.128. The summed E-state index contributed by atoms with van der Waals surface area (Å²) in [4.78, 5) is 2.42. The molecule has 0 aromatic heterocycles. The van der Waals surface area contributed by atoms with E-state index in [-0.39, 0.29) is 17.3 Å². The maximum absolute atomic E-state index is 12.7. The van der Waals surface area contributed by atoms with Crippen molar-refractivity contribution in [3.63, 3.8) is 0 Å². The fourth-order valence-electron chi connectivity index (χ4n) is 3.75. The number of sulfonamides is 1. The van der Waals surface area contributed by atoms with Gasteiger partial charge in [0.25, 0.3) is 0 Å². The first-order chi connectivity index (χ1) is 9.96. The Bertz CT molecular complexity index is 409. The van der Waals surface area contributed by atoms with Crippen LogP contribution in [0.25, 0.3) is 0 Å². The quantitative estimate of drug-likeness (QED) is 0.699. The number of hydrogen-bond donors (Lipinski definition) is 0. The number of rotatable bonds is 6. The van der Waals surface area contributed by atoms with Crippen LogP contribution in [-0.2, 0) is 14.8 Å². The molecule has 0 spiro atoms. The van der Waals surface area contributed by atoms with Gasteiger partial charge in [0.05, 0.1) is 5.25 Å². The van der Waals surface area contributed by atoms with Crippen molar-refractivity contribution in [1.82, 2.24) is 9.21 Å². The summed E-state index contributed by atoms with van der Waals surface area (Å²) < 4.78 is 32.3. The van der Waals surface area contributed by atoms with Crippen molar-refractivity contribution in [3.05, 3.63) is 0 Å². The average molecular weight is 318 g/mol. The highest BCUT2D eigenvalue weighted by Crippen LogP contribution is 2.29. The van der Waals surface area contributed by atoms with Crippen molar-refractivity contribution >= 4 is 10.0 Å². The first kappa shape index (κ1) is 17.2. The van der Waals surface area contributed by atoms with Crippen molar-refractivity contribution in [2.75, 3.05) is 33.4 Å². The van der Waals surface area contributed by atoms with Gasteiger partial charge >= 0.3 is 0 Å². The van der Waals surface area contributed by atoms with Gasteiger partial charge in [-0.05, 0) is 33.1 Å². The molecule has 0 aromatic rings. The average Bonchev–Trinajstić information content (AvgIpc) is 2.96. The minimum atomic E-state index is -3.09. The van der Waals surface area contributed by atoms with Gasteiger partial charge in [0.1, 0.15) is 0 Å². The summed E-state index contributed by atoms with van der Waals surface area (Å²) in [5.74, 6) is 0. The molecule has 124 valence electrons. The lowest BCUT2D eigenvalue weighted by atomic mass is 10.1. The first-order valence-electron chi connectivity index (χ1n) is 8.20. The van der Waals surface area contributed by atoms with Crippen molar-refractivity contribution in [2.45, 2.75) is 63.3 Å².